The fourth-order valence-electron chi connectivity index (χ4n) is 3.52. The minimum atomic E-state index is -0.566. The van der Waals surface area contributed by atoms with Crippen LogP contribution in [-0.4, -0.2) is 25.1 Å². The highest BCUT2D eigenvalue weighted by atomic mass is 32.1. The van der Waals surface area contributed by atoms with E-state index < -0.39 is 12.2 Å². The number of nitrogens with one attached hydrogen (secondary N) is 2. The van der Waals surface area contributed by atoms with Crippen molar-refractivity contribution in [1.82, 2.24) is 0 Å². The van der Waals surface area contributed by atoms with Crippen molar-refractivity contribution in [1.29, 1.82) is 5.41 Å². The van der Waals surface area contributed by atoms with Crippen LogP contribution >= 0.6 is 11.3 Å². The number of fused-ring (bicyclic) bond motifs is 1. The lowest BCUT2D eigenvalue weighted by Gasteiger charge is -2.20. The molecule has 4 rings (SSSR count). The van der Waals surface area contributed by atoms with Gasteiger partial charge < -0.3 is 20.9 Å². The van der Waals surface area contributed by atoms with Crippen molar-refractivity contribution in [3.63, 3.8) is 0 Å². The number of amides is 1. The Kier molecular flexibility index (Phi) is 7.41. The Bertz CT molecular complexity index is 1270. The quantitative estimate of drug-likeness (QED) is 0.200. The van der Waals surface area contributed by atoms with Crippen LogP contribution in [-0.2, 0) is 11.2 Å². The SMILES string of the molecule is N=C(N)c1cc2c(OC(COC(=O)Nc3ccc(CCN)cc3)c3ccccc3)cccc2s1. The highest BCUT2D eigenvalue weighted by Crippen LogP contribution is 2.35. The van der Waals surface area contributed by atoms with Gasteiger partial charge in [-0.15, -0.1) is 11.3 Å². The van der Waals surface area contributed by atoms with E-state index in [9.17, 15) is 4.79 Å². The number of thiophene rings is 1. The molecule has 0 saturated heterocycles. The predicted octanol–water partition coefficient (Wildman–Crippen LogP) is 5.06. The lowest BCUT2D eigenvalue weighted by molar-refractivity contribution is 0.0910. The summed E-state index contributed by atoms with van der Waals surface area (Å²) in [5, 5.41) is 11.3. The summed E-state index contributed by atoms with van der Waals surface area (Å²) in [7, 11) is 0. The van der Waals surface area contributed by atoms with Crippen molar-refractivity contribution in [2.24, 2.45) is 11.5 Å². The second-order valence-corrected chi connectivity index (χ2v) is 8.75. The van der Waals surface area contributed by atoms with Crippen LogP contribution in [0.5, 0.6) is 5.75 Å². The fraction of sp³-hybridized carbons (Fsp3) is 0.154. The second kappa shape index (κ2) is 10.8. The molecular weight excluding hydrogens is 448 g/mol. The molecule has 7 nitrogen and oxygen atoms in total. The maximum Gasteiger partial charge on any atom is 0.411 e. The van der Waals surface area contributed by atoms with Gasteiger partial charge in [-0.25, -0.2) is 4.79 Å². The summed E-state index contributed by atoms with van der Waals surface area (Å²) in [5.41, 5.74) is 13.9. The molecule has 0 spiro atoms. The number of hydrogen-bond acceptors (Lipinski definition) is 6. The zero-order valence-corrected chi connectivity index (χ0v) is 19.3. The Morgan fingerprint density at radius 1 is 1.03 bits per heavy atom. The summed E-state index contributed by atoms with van der Waals surface area (Å²) >= 11 is 1.43. The van der Waals surface area contributed by atoms with Gasteiger partial charge in [-0.3, -0.25) is 10.7 Å². The van der Waals surface area contributed by atoms with Crippen molar-refractivity contribution in [2.45, 2.75) is 12.5 Å². The maximum atomic E-state index is 12.5. The van der Waals surface area contributed by atoms with Crippen LogP contribution in [0.3, 0.4) is 0 Å². The molecule has 0 aliphatic heterocycles. The number of nitrogens with two attached hydrogens (primary N) is 2. The van der Waals surface area contributed by atoms with E-state index in [1.807, 2.05) is 78.9 Å². The summed E-state index contributed by atoms with van der Waals surface area (Å²) < 4.78 is 12.8. The summed E-state index contributed by atoms with van der Waals surface area (Å²) in [4.78, 5) is 13.1. The van der Waals surface area contributed by atoms with E-state index in [1.165, 1.54) is 11.3 Å². The average molecular weight is 475 g/mol. The Hall–Kier alpha value is -3.88. The summed E-state index contributed by atoms with van der Waals surface area (Å²) in [5.74, 6) is 0.650. The zero-order valence-electron chi connectivity index (χ0n) is 18.5. The molecular formula is C26H26N4O3S. The maximum absolute atomic E-state index is 12.5. The molecule has 1 atom stereocenters. The number of rotatable bonds is 9. The molecule has 8 heteroatoms. The minimum Gasteiger partial charge on any atom is -0.481 e. The fourth-order valence-corrected chi connectivity index (χ4v) is 4.46. The molecule has 0 fully saturated rings. The van der Waals surface area contributed by atoms with E-state index in [1.54, 1.807) is 0 Å². The predicted molar refractivity (Wildman–Crippen MR) is 137 cm³/mol. The van der Waals surface area contributed by atoms with Crippen LogP contribution in [0.25, 0.3) is 10.1 Å². The smallest absolute Gasteiger partial charge is 0.411 e. The summed E-state index contributed by atoms with van der Waals surface area (Å²) in [6.45, 7) is 0.589. The van der Waals surface area contributed by atoms with Crippen LogP contribution in [0, 0.1) is 5.41 Å². The molecule has 1 unspecified atom stereocenters. The van der Waals surface area contributed by atoms with Gasteiger partial charge in [0.05, 0.1) is 4.88 Å². The van der Waals surface area contributed by atoms with Gasteiger partial charge in [-0.05, 0) is 54.4 Å². The number of amidine groups is 1. The number of benzene rings is 3. The van der Waals surface area contributed by atoms with E-state index >= 15 is 0 Å². The molecule has 0 saturated carbocycles. The molecule has 0 bridgehead atoms. The number of carbonyl (C=O) groups excluding carboxylic acids is 1. The van der Waals surface area contributed by atoms with Crippen LogP contribution in [0.2, 0.25) is 0 Å². The third kappa shape index (κ3) is 5.72. The molecule has 174 valence electrons. The normalized spacial score (nSPS) is 11.7. The van der Waals surface area contributed by atoms with Gasteiger partial charge in [-0.2, -0.15) is 0 Å². The van der Waals surface area contributed by atoms with Gasteiger partial charge >= 0.3 is 6.09 Å². The van der Waals surface area contributed by atoms with Crippen molar-refractivity contribution in [3.05, 3.63) is 94.9 Å². The Morgan fingerprint density at radius 2 is 1.79 bits per heavy atom. The molecule has 1 aromatic heterocycles. The molecule has 0 aliphatic rings. The third-order valence-corrected chi connectivity index (χ3v) is 6.36. The monoisotopic (exact) mass is 474 g/mol. The van der Waals surface area contributed by atoms with Gasteiger partial charge in [-0.1, -0.05) is 48.5 Å². The standard InChI is InChI=1S/C26H26N4O3S/c27-14-13-17-9-11-19(12-10-17)30-26(31)32-16-22(18-5-2-1-3-6-18)33-21-7-4-8-23-20(21)15-24(34-23)25(28)29/h1-12,15,22H,13-14,16,27H2,(H3,28,29)(H,30,31). The van der Waals surface area contributed by atoms with Crippen molar-refractivity contribution in [2.75, 3.05) is 18.5 Å². The highest BCUT2D eigenvalue weighted by molar-refractivity contribution is 7.20. The van der Waals surface area contributed by atoms with E-state index in [0.717, 1.165) is 27.6 Å². The minimum absolute atomic E-state index is 0.0151. The topological polar surface area (TPSA) is 123 Å². The molecule has 1 heterocycles. The van der Waals surface area contributed by atoms with Gasteiger partial charge in [0.2, 0.25) is 0 Å². The Labute approximate surface area is 201 Å². The van der Waals surface area contributed by atoms with E-state index in [2.05, 4.69) is 5.32 Å². The molecule has 1 amide bonds. The zero-order chi connectivity index (χ0) is 23.9. The number of nitrogen functional groups attached to an aromatic ring is 1. The molecule has 4 aromatic rings. The largest absolute Gasteiger partial charge is 0.481 e. The lowest BCUT2D eigenvalue weighted by atomic mass is 10.1. The van der Waals surface area contributed by atoms with Gasteiger partial charge in [0.1, 0.15) is 18.2 Å². The molecule has 3 aromatic carbocycles. The Balaban J connectivity index is 1.48. The first-order chi connectivity index (χ1) is 16.5. The molecule has 0 aliphatic carbocycles. The van der Waals surface area contributed by atoms with Gasteiger partial charge in [0, 0.05) is 15.8 Å². The van der Waals surface area contributed by atoms with E-state index in [0.29, 0.717) is 22.9 Å². The van der Waals surface area contributed by atoms with Gasteiger partial charge in [0.15, 0.2) is 6.10 Å². The van der Waals surface area contributed by atoms with Crippen LogP contribution in [0.1, 0.15) is 22.1 Å². The van der Waals surface area contributed by atoms with Crippen molar-refractivity contribution >= 4 is 39.0 Å². The highest BCUT2D eigenvalue weighted by Gasteiger charge is 2.19. The molecule has 6 N–H and O–H groups in total. The van der Waals surface area contributed by atoms with E-state index in [4.69, 9.17) is 26.4 Å². The lowest BCUT2D eigenvalue weighted by Crippen LogP contribution is -2.21. The Morgan fingerprint density at radius 3 is 2.50 bits per heavy atom. The molecule has 34 heavy (non-hydrogen) atoms. The van der Waals surface area contributed by atoms with Crippen molar-refractivity contribution in [3.8, 4) is 5.75 Å². The molecule has 0 radical (unpaired) electrons. The number of hydrogen-bond donors (Lipinski definition) is 4. The number of anilines is 1. The second-order valence-electron chi connectivity index (χ2n) is 7.67. The van der Waals surface area contributed by atoms with Crippen molar-refractivity contribution < 1.29 is 14.3 Å². The number of ether oxygens (including phenoxy) is 2. The number of carbonyl (C=O) groups is 1. The third-order valence-electron chi connectivity index (χ3n) is 5.23. The van der Waals surface area contributed by atoms with Gasteiger partial charge in [0.25, 0.3) is 0 Å². The average Bonchev–Trinajstić information content (AvgIpc) is 3.29. The first kappa shape index (κ1) is 23.3. The summed E-state index contributed by atoms with van der Waals surface area (Å²) in [6.07, 6.45) is -0.306. The van der Waals surface area contributed by atoms with Crippen LogP contribution in [0.15, 0.2) is 78.9 Å². The first-order valence-electron chi connectivity index (χ1n) is 10.8. The van der Waals surface area contributed by atoms with Crippen LogP contribution in [0.4, 0.5) is 10.5 Å². The summed E-state index contributed by atoms with van der Waals surface area (Å²) in [6, 6.07) is 24.6. The van der Waals surface area contributed by atoms with Crippen LogP contribution < -0.4 is 21.5 Å². The van der Waals surface area contributed by atoms with E-state index in [-0.39, 0.29) is 12.4 Å². The first-order valence-corrected chi connectivity index (χ1v) is 11.7.